The van der Waals surface area contributed by atoms with Crippen LogP contribution in [0, 0.1) is 5.92 Å². The molecule has 1 heterocycles. The Labute approximate surface area is 121 Å². The SMILES string of the molecule is CC(C)C[C@H](N)c1ncc(Cc2ccccc2)o1.S. The summed E-state index contributed by atoms with van der Waals surface area (Å²) < 4.78 is 5.71. The first-order valence-electron chi connectivity index (χ1n) is 6.39. The average Bonchev–Trinajstić information content (AvgIpc) is 2.78. The Hall–Kier alpha value is -1.26. The summed E-state index contributed by atoms with van der Waals surface area (Å²) in [7, 11) is 0. The van der Waals surface area contributed by atoms with Crippen molar-refractivity contribution in [2.75, 3.05) is 0 Å². The first-order valence-corrected chi connectivity index (χ1v) is 6.39. The summed E-state index contributed by atoms with van der Waals surface area (Å²) in [5.74, 6) is 2.06. The van der Waals surface area contributed by atoms with Crippen LogP contribution in [0.5, 0.6) is 0 Å². The lowest BCUT2D eigenvalue weighted by atomic mass is 10.0. The second-order valence-corrected chi connectivity index (χ2v) is 5.06. The van der Waals surface area contributed by atoms with Gasteiger partial charge in [0, 0.05) is 6.42 Å². The molecule has 0 radical (unpaired) electrons. The Balaban J connectivity index is 0.00000180. The lowest BCUT2D eigenvalue weighted by Gasteiger charge is -2.09. The normalized spacial score (nSPS) is 12.2. The van der Waals surface area contributed by atoms with Gasteiger partial charge in [-0.25, -0.2) is 4.98 Å². The summed E-state index contributed by atoms with van der Waals surface area (Å²) in [5.41, 5.74) is 7.27. The molecule has 0 saturated heterocycles. The molecule has 1 aromatic carbocycles. The van der Waals surface area contributed by atoms with E-state index >= 15 is 0 Å². The Bertz CT molecular complexity index is 482. The van der Waals surface area contributed by atoms with E-state index in [9.17, 15) is 0 Å². The van der Waals surface area contributed by atoms with Crippen molar-refractivity contribution in [3.8, 4) is 0 Å². The van der Waals surface area contributed by atoms with Gasteiger partial charge in [-0.1, -0.05) is 44.2 Å². The number of benzene rings is 1. The van der Waals surface area contributed by atoms with Crippen molar-refractivity contribution < 1.29 is 4.42 Å². The van der Waals surface area contributed by atoms with Crippen molar-refractivity contribution in [1.82, 2.24) is 4.98 Å². The first kappa shape index (κ1) is 15.8. The van der Waals surface area contributed by atoms with Crippen LogP contribution in [-0.4, -0.2) is 4.98 Å². The fourth-order valence-electron chi connectivity index (χ4n) is 1.98. The molecule has 0 bridgehead atoms. The smallest absolute Gasteiger partial charge is 0.211 e. The molecule has 0 aliphatic heterocycles. The highest BCUT2D eigenvalue weighted by Crippen LogP contribution is 2.19. The average molecular weight is 278 g/mol. The number of rotatable bonds is 5. The van der Waals surface area contributed by atoms with Gasteiger partial charge in [0.1, 0.15) is 5.76 Å². The molecular formula is C15H22N2OS. The standard InChI is InChI=1S/C15H20N2O.H2S/c1-11(2)8-14(16)15-17-10-13(18-15)9-12-6-4-3-5-7-12;/h3-7,10-11,14H,8-9,16H2,1-2H3;1H2/t14-;/m0./s1. The molecule has 0 spiro atoms. The van der Waals surface area contributed by atoms with Gasteiger partial charge >= 0.3 is 0 Å². The largest absolute Gasteiger partial charge is 0.444 e. The number of aromatic nitrogens is 1. The van der Waals surface area contributed by atoms with Gasteiger partial charge in [-0.05, 0) is 17.9 Å². The Morgan fingerprint density at radius 2 is 1.89 bits per heavy atom. The Morgan fingerprint density at radius 1 is 1.21 bits per heavy atom. The lowest BCUT2D eigenvalue weighted by Crippen LogP contribution is -2.13. The van der Waals surface area contributed by atoms with Crippen LogP contribution in [0.1, 0.15) is 43.5 Å². The van der Waals surface area contributed by atoms with Crippen LogP contribution in [0.15, 0.2) is 40.9 Å². The van der Waals surface area contributed by atoms with E-state index in [1.54, 1.807) is 6.20 Å². The number of oxazole rings is 1. The molecular weight excluding hydrogens is 256 g/mol. The molecule has 0 amide bonds. The van der Waals surface area contributed by atoms with Crippen molar-refractivity contribution >= 4 is 13.5 Å². The molecule has 104 valence electrons. The highest BCUT2D eigenvalue weighted by molar-refractivity contribution is 7.59. The fourth-order valence-corrected chi connectivity index (χ4v) is 1.98. The molecule has 1 aromatic heterocycles. The van der Waals surface area contributed by atoms with E-state index in [-0.39, 0.29) is 19.5 Å². The highest BCUT2D eigenvalue weighted by atomic mass is 32.1. The molecule has 0 aliphatic rings. The second-order valence-electron chi connectivity index (χ2n) is 5.06. The van der Waals surface area contributed by atoms with Crippen LogP contribution >= 0.6 is 13.5 Å². The third-order valence-electron chi connectivity index (χ3n) is 2.84. The van der Waals surface area contributed by atoms with Gasteiger partial charge in [-0.15, -0.1) is 0 Å². The van der Waals surface area contributed by atoms with Crippen molar-refractivity contribution in [1.29, 1.82) is 0 Å². The molecule has 2 rings (SSSR count). The van der Waals surface area contributed by atoms with Gasteiger partial charge in [0.15, 0.2) is 0 Å². The van der Waals surface area contributed by atoms with E-state index in [0.29, 0.717) is 11.8 Å². The number of hydrogen-bond donors (Lipinski definition) is 1. The van der Waals surface area contributed by atoms with Gasteiger partial charge in [0.2, 0.25) is 5.89 Å². The topological polar surface area (TPSA) is 52.0 Å². The predicted octanol–water partition coefficient (Wildman–Crippen LogP) is 3.42. The maximum Gasteiger partial charge on any atom is 0.211 e. The molecule has 3 nitrogen and oxygen atoms in total. The van der Waals surface area contributed by atoms with E-state index in [2.05, 4.69) is 31.0 Å². The fraction of sp³-hybridized carbons (Fsp3) is 0.400. The quantitative estimate of drug-likeness (QED) is 0.911. The van der Waals surface area contributed by atoms with E-state index in [1.165, 1.54) is 5.56 Å². The zero-order valence-electron chi connectivity index (χ0n) is 11.5. The zero-order valence-corrected chi connectivity index (χ0v) is 12.5. The molecule has 2 aromatic rings. The van der Waals surface area contributed by atoms with E-state index in [4.69, 9.17) is 10.2 Å². The molecule has 0 aliphatic carbocycles. The molecule has 19 heavy (non-hydrogen) atoms. The van der Waals surface area contributed by atoms with E-state index in [0.717, 1.165) is 18.6 Å². The number of hydrogen-bond acceptors (Lipinski definition) is 3. The summed E-state index contributed by atoms with van der Waals surface area (Å²) >= 11 is 0. The van der Waals surface area contributed by atoms with Crippen LogP contribution in [0.25, 0.3) is 0 Å². The zero-order chi connectivity index (χ0) is 13.0. The molecule has 0 unspecified atom stereocenters. The summed E-state index contributed by atoms with van der Waals surface area (Å²) in [6, 6.07) is 10.1. The van der Waals surface area contributed by atoms with Crippen LogP contribution in [0.3, 0.4) is 0 Å². The van der Waals surface area contributed by atoms with Gasteiger partial charge < -0.3 is 10.2 Å². The number of nitrogens with two attached hydrogens (primary N) is 1. The summed E-state index contributed by atoms with van der Waals surface area (Å²) in [4.78, 5) is 4.27. The van der Waals surface area contributed by atoms with Crippen LogP contribution in [0.2, 0.25) is 0 Å². The monoisotopic (exact) mass is 278 g/mol. The molecule has 1 atom stereocenters. The molecule has 4 heteroatoms. The van der Waals surface area contributed by atoms with E-state index in [1.807, 2.05) is 18.2 Å². The minimum absolute atomic E-state index is 0. The van der Waals surface area contributed by atoms with Crippen molar-refractivity contribution in [3.05, 3.63) is 53.7 Å². The first-order chi connectivity index (χ1) is 8.65. The summed E-state index contributed by atoms with van der Waals surface area (Å²) in [5, 5.41) is 0. The van der Waals surface area contributed by atoms with Gasteiger partial charge in [-0.3, -0.25) is 0 Å². The van der Waals surface area contributed by atoms with Crippen molar-refractivity contribution in [3.63, 3.8) is 0 Å². The maximum absolute atomic E-state index is 6.05. The van der Waals surface area contributed by atoms with Gasteiger partial charge in [0.25, 0.3) is 0 Å². The van der Waals surface area contributed by atoms with Crippen molar-refractivity contribution in [2.24, 2.45) is 11.7 Å². The van der Waals surface area contributed by atoms with Crippen LogP contribution in [-0.2, 0) is 6.42 Å². The molecule has 2 N–H and O–H groups in total. The number of nitrogens with zero attached hydrogens (tertiary/aromatic N) is 1. The third kappa shape index (κ3) is 4.73. The van der Waals surface area contributed by atoms with Gasteiger partial charge in [0.05, 0.1) is 12.2 Å². The summed E-state index contributed by atoms with van der Waals surface area (Å²) in [6.07, 6.45) is 3.44. The summed E-state index contributed by atoms with van der Waals surface area (Å²) in [6.45, 7) is 4.29. The van der Waals surface area contributed by atoms with Gasteiger partial charge in [-0.2, -0.15) is 13.5 Å². The minimum Gasteiger partial charge on any atom is -0.444 e. The molecule has 0 fully saturated rings. The Morgan fingerprint density at radius 3 is 2.53 bits per heavy atom. The Kier molecular flexibility index (Phi) is 6.12. The maximum atomic E-state index is 6.05. The van der Waals surface area contributed by atoms with Crippen LogP contribution < -0.4 is 5.73 Å². The van der Waals surface area contributed by atoms with E-state index < -0.39 is 0 Å². The predicted molar refractivity (Wildman–Crippen MR) is 82.5 cm³/mol. The third-order valence-corrected chi connectivity index (χ3v) is 2.84. The lowest BCUT2D eigenvalue weighted by molar-refractivity contribution is 0.388. The second kappa shape index (κ2) is 7.36. The highest BCUT2D eigenvalue weighted by Gasteiger charge is 2.14. The van der Waals surface area contributed by atoms with Crippen LogP contribution in [0.4, 0.5) is 0 Å². The minimum atomic E-state index is -0.102. The van der Waals surface area contributed by atoms with Crippen molar-refractivity contribution in [2.45, 2.75) is 32.7 Å². The molecule has 0 saturated carbocycles.